The Morgan fingerprint density at radius 1 is 1.08 bits per heavy atom. The Morgan fingerprint density at radius 2 is 1.81 bits per heavy atom. The van der Waals surface area contributed by atoms with E-state index in [-0.39, 0.29) is 23.4 Å². The standard InChI is InChI=1S/C21H34O5/c1-19-7-5-13(23)9-12(19)3-4-14-15-6-8-21(26,17(25)11-22)20(15,2)10-16(24)18(14)19/h12-16,18,22-24,26H,3-11H2,1-2H3/t12-,13-,14+,15+,16-,18-,19+,20+,21+/m1/s1. The van der Waals surface area contributed by atoms with Crippen LogP contribution in [0.25, 0.3) is 0 Å². The van der Waals surface area contributed by atoms with Crippen molar-refractivity contribution in [3.05, 3.63) is 0 Å². The van der Waals surface area contributed by atoms with Gasteiger partial charge in [0, 0.05) is 5.41 Å². The molecule has 0 aromatic heterocycles. The van der Waals surface area contributed by atoms with E-state index in [1.54, 1.807) is 0 Å². The van der Waals surface area contributed by atoms with Crippen LogP contribution in [0.2, 0.25) is 0 Å². The first-order chi connectivity index (χ1) is 12.2. The number of rotatable bonds is 2. The first-order valence-electron chi connectivity index (χ1n) is 10.4. The van der Waals surface area contributed by atoms with Gasteiger partial charge >= 0.3 is 0 Å². The highest BCUT2D eigenvalue weighted by molar-refractivity contribution is 5.89. The number of Topliss-reactive ketones (excluding diaryl/α,β-unsaturated/α-hetero) is 1. The van der Waals surface area contributed by atoms with Crippen LogP contribution >= 0.6 is 0 Å². The SMILES string of the molecule is C[C@]12CC[C@@H](O)C[C@H]1CC[C@@H]1[C@@H]2[C@H](O)C[C@@]2(C)[C@H]1CC[C@]2(O)C(=O)CO. The number of hydrogen-bond acceptors (Lipinski definition) is 5. The van der Waals surface area contributed by atoms with Crippen LogP contribution in [0.3, 0.4) is 0 Å². The molecule has 0 unspecified atom stereocenters. The van der Waals surface area contributed by atoms with Crippen LogP contribution in [-0.4, -0.2) is 50.6 Å². The quantitative estimate of drug-likeness (QED) is 0.596. The van der Waals surface area contributed by atoms with Gasteiger partial charge in [-0.25, -0.2) is 0 Å². The Bertz CT molecular complexity index is 593. The Labute approximate surface area is 155 Å². The van der Waals surface area contributed by atoms with Crippen molar-refractivity contribution in [2.45, 2.75) is 83.0 Å². The maximum absolute atomic E-state index is 12.4. The van der Waals surface area contributed by atoms with Crippen molar-refractivity contribution < 1.29 is 25.2 Å². The minimum Gasteiger partial charge on any atom is -0.393 e. The number of ketones is 1. The van der Waals surface area contributed by atoms with E-state index in [1.807, 2.05) is 6.92 Å². The summed E-state index contributed by atoms with van der Waals surface area (Å²) in [4.78, 5) is 12.4. The number of carbonyl (C=O) groups excluding carboxylic acids is 1. The Kier molecular flexibility index (Phi) is 4.35. The summed E-state index contributed by atoms with van der Waals surface area (Å²) < 4.78 is 0. The fourth-order valence-electron chi connectivity index (χ4n) is 7.95. The zero-order valence-electron chi connectivity index (χ0n) is 16.0. The van der Waals surface area contributed by atoms with E-state index in [2.05, 4.69) is 6.92 Å². The van der Waals surface area contributed by atoms with Gasteiger partial charge in [0.05, 0.1) is 12.2 Å². The minimum atomic E-state index is -1.52. The van der Waals surface area contributed by atoms with E-state index >= 15 is 0 Å². The Hall–Kier alpha value is -0.490. The maximum atomic E-state index is 12.4. The molecule has 5 heteroatoms. The molecule has 0 amide bonds. The third-order valence-corrected chi connectivity index (χ3v) is 9.33. The molecule has 0 aromatic rings. The van der Waals surface area contributed by atoms with Crippen molar-refractivity contribution in [1.29, 1.82) is 0 Å². The van der Waals surface area contributed by atoms with Crippen molar-refractivity contribution >= 4 is 5.78 Å². The van der Waals surface area contributed by atoms with Gasteiger partial charge in [0.25, 0.3) is 0 Å². The molecule has 0 bridgehead atoms. The van der Waals surface area contributed by atoms with Gasteiger partial charge in [-0.15, -0.1) is 0 Å². The second-order valence-corrected chi connectivity index (χ2v) is 10.2. The highest BCUT2D eigenvalue weighted by Crippen LogP contribution is 2.68. The molecule has 148 valence electrons. The van der Waals surface area contributed by atoms with E-state index < -0.39 is 29.5 Å². The smallest absolute Gasteiger partial charge is 0.190 e. The van der Waals surface area contributed by atoms with Crippen molar-refractivity contribution in [2.75, 3.05) is 6.61 Å². The van der Waals surface area contributed by atoms with Crippen LogP contribution in [0.5, 0.6) is 0 Å². The molecule has 0 saturated heterocycles. The number of aliphatic hydroxyl groups is 4. The van der Waals surface area contributed by atoms with Crippen molar-refractivity contribution in [2.24, 2.45) is 34.5 Å². The lowest BCUT2D eigenvalue weighted by Gasteiger charge is -2.62. The summed E-state index contributed by atoms with van der Waals surface area (Å²) in [5.41, 5.74) is -2.14. The number of hydrogen-bond donors (Lipinski definition) is 4. The molecule has 4 aliphatic rings. The highest BCUT2D eigenvalue weighted by atomic mass is 16.3. The van der Waals surface area contributed by atoms with E-state index in [9.17, 15) is 25.2 Å². The second kappa shape index (κ2) is 6.00. The fourth-order valence-corrected chi connectivity index (χ4v) is 7.95. The predicted molar refractivity (Wildman–Crippen MR) is 96.2 cm³/mol. The maximum Gasteiger partial charge on any atom is 0.190 e. The average molecular weight is 366 g/mol. The zero-order chi connectivity index (χ0) is 18.9. The summed E-state index contributed by atoms with van der Waals surface area (Å²) in [6, 6.07) is 0. The summed E-state index contributed by atoms with van der Waals surface area (Å²) >= 11 is 0. The molecule has 5 nitrogen and oxygen atoms in total. The van der Waals surface area contributed by atoms with Crippen LogP contribution in [0, 0.1) is 34.5 Å². The third kappa shape index (κ3) is 2.27. The van der Waals surface area contributed by atoms with Crippen molar-refractivity contribution in [1.82, 2.24) is 0 Å². The Balaban J connectivity index is 1.69. The molecule has 0 radical (unpaired) electrons. The van der Waals surface area contributed by atoms with Gasteiger partial charge in [-0.05, 0) is 80.5 Å². The minimum absolute atomic E-state index is 0.0323. The van der Waals surface area contributed by atoms with Crippen LogP contribution in [-0.2, 0) is 4.79 Å². The van der Waals surface area contributed by atoms with Gasteiger partial charge in [-0.2, -0.15) is 0 Å². The summed E-state index contributed by atoms with van der Waals surface area (Å²) in [6.45, 7) is 3.61. The molecule has 0 heterocycles. The lowest BCUT2D eigenvalue weighted by atomic mass is 9.43. The van der Waals surface area contributed by atoms with Gasteiger partial charge in [0.2, 0.25) is 0 Å². The molecular weight excluding hydrogens is 332 g/mol. The first-order valence-corrected chi connectivity index (χ1v) is 10.4. The second-order valence-electron chi connectivity index (χ2n) is 10.2. The Morgan fingerprint density at radius 3 is 2.50 bits per heavy atom. The van der Waals surface area contributed by atoms with Crippen molar-refractivity contribution in [3.63, 3.8) is 0 Å². The van der Waals surface area contributed by atoms with Gasteiger partial charge in [0.15, 0.2) is 5.78 Å². The van der Waals surface area contributed by atoms with Crippen LogP contribution in [0.15, 0.2) is 0 Å². The van der Waals surface area contributed by atoms with Crippen LogP contribution in [0.4, 0.5) is 0 Å². The molecule has 0 aliphatic heterocycles. The molecule has 0 aromatic carbocycles. The van der Waals surface area contributed by atoms with E-state index in [4.69, 9.17) is 0 Å². The molecule has 4 rings (SSSR count). The molecule has 0 spiro atoms. The molecule has 4 saturated carbocycles. The number of carbonyl (C=O) groups is 1. The van der Waals surface area contributed by atoms with Gasteiger partial charge in [0.1, 0.15) is 12.2 Å². The number of aliphatic hydroxyl groups excluding tert-OH is 3. The van der Waals surface area contributed by atoms with Crippen LogP contribution < -0.4 is 0 Å². The molecule has 4 fully saturated rings. The molecular formula is C21H34O5. The van der Waals surface area contributed by atoms with E-state index in [0.29, 0.717) is 24.7 Å². The largest absolute Gasteiger partial charge is 0.393 e. The average Bonchev–Trinajstić information content (AvgIpc) is 2.86. The summed E-state index contributed by atoms with van der Waals surface area (Å²) in [6.07, 6.45) is 5.48. The van der Waals surface area contributed by atoms with Crippen molar-refractivity contribution in [3.8, 4) is 0 Å². The van der Waals surface area contributed by atoms with Gasteiger partial charge < -0.3 is 20.4 Å². The molecule has 4 aliphatic carbocycles. The van der Waals surface area contributed by atoms with E-state index in [0.717, 1.165) is 38.5 Å². The lowest BCUT2D eigenvalue weighted by Crippen LogP contribution is -2.63. The first kappa shape index (κ1) is 18.9. The third-order valence-electron chi connectivity index (χ3n) is 9.33. The van der Waals surface area contributed by atoms with Gasteiger partial charge in [-0.1, -0.05) is 13.8 Å². The topological polar surface area (TPSA) is 98.0 Å². The normalized spacial score (nSPS) is 56.4. The summed E-state index contributed by atoms with van der Waals surface area (Å²) in [5.74, 6) is 0.653. The lowest BCUT2D eigenvalue weighted by molar-refractivity contribution is -0.202. The zero-order valence-corrected chi connectivity index (χ0v) is 16.0. The molecule has 26 heavy (non-hydrogen) atoms. The molecule has 9 atom stereocenters. The number of fused-ring (bicyclic) bond motifs is 5. The summed E-state index contributed by atoms with van der Waals surface area (Å²) in [7, 11) is 0. The molecule has 4 N–H and O–H groups in total. The fraction of sp³-hybridized carbons (Fsp3) is 0.952. The summed E-state index contributed by atoms with van der Waals surface area (Å²) in [5, 5.41) is 41.9. The van der Waals surface area contributed by atoms with Gasteiger partial charge in [-0.3, -0.25) is 4.79 Å². The highest BCUT2D eigenvalue weighted by Gasteiger charge is 2.68. The van der Waals surface area contributed by atoms with E-state index in [1.165, 1.54) is 0 Å². The predicted octanol–water partition coefficient (Wildman–Crippen LogP) is 1.65. The van der Waals surface area contributed by atoms with Crippen LogP contribution in [0.1, 0.15) is 65.2 Å². The monoisotopic (exact) mass is 366 g/mol.